The minimum absolute atomic E-state index is 0.0297. The number of hydrogen-bond donors (Lipinski definition) is 2. The molecule has 0 bridgehead atoms. The van der Waals surface area contributed by atoms with E-state index in [1.165, 1.54) is 6.07 Å². The first-order valence-electron chi connectivity index (χ1n) is 6.73. The average molecular weight is 304 g/mol. The third kappa shape index (κ3) is 2.85. The zero-order valence-corrected chi connectivity index (χ0v) is 12.4. The zero-order chi connectivity index (χ0) is 15.0. The minimum Gasteiger partial charge on any atom is -0.507 e. The summed E-state index contributed by atoms with van der Waals surface area (Å²) in [5, 5.41) is 9.87. The van der Waals surface area contributed by atoms with Crippen LogP contribution in [0, 0.1) is 6.92 Å². The van der Waals surface area contributed by atoms with Gasteiger partial charge in [0.2, 0.25) is 10.0 Å². The Hall–Kier alpha value is -2.08. The van der Waals surface area contributed by atoms with Crippen LogP contribution < -0.4 is 4.72 Å². The van der Waals surface area contributed by atoms with Crippen LogP contribution in [0.4, 0.5) is 5.69 Å². The molecule has 1 heterocycles. The van der Waals surface area contributed by atoms with Gasteiger partial charge in [-0.15, -0.1) is 0 Å². The summed E-state index contributed by atoms with van der Waals surface area (Å²) in [6.07, 6.45) is 4.77. The number of pyridine rings is 1. The van der Waals surface area contributed by atoms with Gasteiger partial charge in [0.1, 0.15) is 5.75 Å². The van der Waals surface area contributed by atoms with Crippen molar-refractivity contribution >= 4 is 15.7 Å². The van der Waals surface area contributed by atoms with E-state index in [0.717, 1.165) is 11.1 Å². The number of rotatable bonds is 4. The molecule has 1 aromatic carbocycles. The molecule has 1 aliphatic carbocycles. The molecule has 0 radical (unpaired) electrons. The number of aryl methyl sites for hydroxylation is 1. The van der Waals surface area contributed by atoms with Gasteiger partial charge >= 0.3 is 0 Å². The van der Waals surface area contributed by atoms with Crippen molar-refractivity contribution in [3.05, 3.63) is 42.2 Å². The topological polar surface area (TPSA) is 79.3 Å². The third-order valence-electron chi connectivity index (χ3n) is 3.55. The highest BCUT2D eigenvalue weighted by molar-refractivity contribution is 7.93. The molecule has 6 heteroatoms. The summed E-state index contributed by atoms with van der Waals surface area (Å²) in [6, 6.07) is 6.64. The molecule has 1 aliphatic rings. The Morgan fingerprint density at radius 1 is 1.24 bits per heavy atom. The van der Waals surface area contributed by atoms with Gasteiger partial charge in [-0.05, 0) is 43.5 Å². The molecule has 0 atom stereocenters. The molecule has 0 saturated heterocycles. The van der Waals surface area contributed by atoms with E-state index in [4.69, 9.17) is 0 Å². The second kappa shape index (κ2) is 5.04. The molecule has 0 aliphatic heterocycles. The van der Waals surface area contributed by atoms with E-state index in [1.54, 1.807) is 24.5 Å². The van der Waals surface area contributed by atoms with Gasteiger partial charge in [-0.2, -0.15) is 0 Å². The molecule has 0 spiro atoms. The largest absolute Gasteiger partial charge is 0.507 e. The summed E-state index contributed by atoms with van der Waals surface area (Å²) < 4.78 is 26.3. The first-order chi connectivity index (χ1) is 9.97. The van der Waals surface area contributed by atoms with E-state index in [0.29, 0.717) is 24.1 Å². The molecule has 1 aromatic heterocycles. The molecule has 3 rings (SSSR count). The monoisotopic (exact) mass is 304 g/mol. The highest BCUT2D eigenvalue weighted by Gasteiger charge is 2.35. The summed E-state index contributed by atoms with van der Waals surface area (Å²) >= 11 is 0. The van der Waals surface area contributed by atoms with E-state index >= 15 is 0 Å². The van der Waals surface area contributed by atoms with Crippen molar-refractivity contribution in [3.63, 3.8) is 0 Å². The van der Waals surface area contributed by atoms with E-state index in [1.807, 2.05) is 13.0 Å². The van der Waals surface area contributed by atoms with Gasteiger partial charge < -0.3 is 5.11 Å². The highest BCUT2D eigenvalue weighted by atomic mass is 32.2. The van der Waals surface area contributed by atoms with Gasteiger partial charge in [-0.25, -0.2) is 8.42 Å². The normalized spacial score (nSPS) is 14.9. The van der Waals surface area contributed by atoms with Crippen molar-refractivity contribution in [2.24, 2.45) is 0 Å². The molecule has 2 aromatic rings. The molecule has 0 amide bonds. The predicted molar refractivity (Wildman–Crippen MR) is 81.6 cm³/mol. The lowest BCUT2D eigenvalue weighted by molar-refractivity contribution is 0.477. The number of anilines is 1. The quantitative estimate of drug-likeness (QED) is 0.910. The number of nitrogens with zero attached hydrogens (tertiary/aromatic N) is 1. The van der Waals surface area contributed by atoms with Gasteiger partial charge in [-0.1, -0.05) is 0 Å². The van der Waals surface area contributed by atoms with Gasteiger partial charge in [0.15, 0.2) is 0 Å². The van der Waals surface area contributed by atoms with Crippen LogP contribution in [0.2, 0.25) is 0 Å². The molecule has 1 fully saturated rings. The standard InChI is InChI=1S/C15H16N2O3S/c1-10-6-7-16-9-14(10)13-5-2-11(8-15(13)18)17-21(19,20)12-3-4-12/h2,5-9,12,17-18H,3-4H2,1H3. The summed E-state index contributed by atoms with van der Waals surface area (Å²) in [4.78, 5) is 4.05. The lowest BCUT2D eigenvalue weighted by Crippen LogP contribution is -2.17. The van der Waals surface area contributed by atoms with Gasteiger partial charge in [0.05, 0.1) is 10.9 Å². The molecule has 5 nitrogen and oxygen atoms in total. The first kappa shape index (κ1) is 13.9. The number of phenols is 1. The Morgan fingerprint density at radius 3 is 2.62 bits per heavy atom. The number of aromatic hydroxyl groups is 1. The number of aromatic nitrogens is 1. The number of hydrogen-bond acceptors (Lipinski definition) is 4. The lowest BCUT2D eigenvalue weighted by atomic mass is 10.0. The molecular weight excluding hydrogens is 288 g/mol. The van der Waals surface area contributed by atoms with Crippen molar-refractivity contribution in [3.8, 4) is 16.9 Å². The fourth-order valence-electron chi connectivity index (χ4n) is 2.19. The van der Waals surface area contributed by atoms with Crippen LogP contribution in [0.5, 0.6) is 5.75 Å². The summed E-state index contributed by atoms with van der Waals surface area (Å²) in [5.74, 6) is 0.0297. The fourth-order valence-corrected chi connectivity index (χ4v) is 3.57. The molecular formula is C15H16N2O3S. The van der Waals surface area contributed by atoms with Crippen molar-refractivity contribution in [2.45, 2.75) is 25.0 Å². The Bertz CT molecular complexity index is 783. The van der Waals surface area contributed by atoms with E-state index in [2.05, 4.69) is 9.71 Å². The SMILES string of the molecule is Cc1ccncc1-c1ccc(NS(=O)(=O)C2CC2)cc1O. The Balaban J connectivity index is 1.92. The summed E-state index contributed by atoms with van der Waals surface area (Å²) in [6.45, 7) is 1.93. The van der Waals surface area contributed by atoms with Crippen molar-refractivity contribution in [2.75, 3.05) is 4.72 Å². The van der Waals surface area contributed by atoms with Crippen LogP contribution in [0.15, 0.2) is 36.7 Å². The maximum absolute atomic E-state index is 11.9. The van der Waals surface area contributed by atoms with Crippen molar-refractivity contribution < 1.29 is 13.5 Å². The van der Waals surface area contributed by atoms with E-state index in [9.17, 15) is 13.5 Å². The number of phenolic OH excluding ortho intramolecular Hbond substituents is 1. The van der Waals surface area contributed by atoms with Crippen LogP contribution in [-0.2, 0) is 10.0 Å². The number of sulfonamides is 1. The molecule has 1 saturated carbocycles. The van der Waals surface area contributed by atoms with E-state index in [-0.39, 0.29) is 11.0 Å². The maximum Gasteiger partial charge on any atom is 0.235 e. The van der Waals surface area contributed by atoms with Crippen LogP contribution in [0.25, 0.3) is 11.1 Å². The average Bonchev–Trinajstić information content (AvgIpc) is 3.24. The highest BCUT2D eigenvalue weighted by Crippen LogP contribution is 2.35. The molecule has 110 valence electrons. The lowest BCUT2D eigenvalue weighted by Gasteiger charge is -2.11. The smallest absolute Gasteiger partial charge is 0.235 e. The third-order valence-corrected chi connectivity index (χ3v) is 5.42. The van der Waals surface area contributed by atoms with Crippen LogP contribution in [0.1, 0.15) is 18.4 Å². The van der Waals surface area contributed by atoms with Crippen molar-refractivity contribution in [1.29, 1.82) is 0 Å². The maximum atomic E-state index is 11.9. The fraction of sp³-hybridized carbons (Fsp3) is 0.267. The Kier molecular flexibility index (Phi) is 3.33. The van der Waals surface area contributed by atoms with Gasteiger partial charge in [-0.3, -0.25) is 9.71 Å². The van der Waals surface area contributed by atoms with Gasteiger partial charge in [0, 0.05) is 29.6 Å². The van der Waals surface area contributed by atoms with Crippen LogP contribution >= 0.6 is 0 Å². The van der Waals surface area contributed by atoms with Gasteiger partial charge in [0.25, 0.3) is 0 Å². The number of nitrogens with one attached hydrogen (secondary N) is 1. The number of benzene rings is 1. The van der Waals surface area contributed by atoms with Crippen LogP contribution in [-0.4, -0.2) is 23.8 Å². The predicted octanol–water partition coefficient (Wildman–Crippen LogP) is 2.67. The second-order valence-electron chi connectivity index (χ2n) is 5.27. The Morgan fingerprint density at radius 2 is 2.00 bits per heavy atom. The molecule has 2 N–H and O–H groups in total. The first-order valence-corrected chi connectivity index (χ1v) is 8.27. The Labute approximate surface area is 123 Å². The molecule has 21 heavy (non-hydrogen) atoms. The second-order valence-corrected chi connectivity index (χ2v) is 7.23. The van der Waals surface area contributed by atoms with Crippen LogP contribution in [0.3, 0.4) is 0 Å². The summed E-state index contributed by atoms with van der Waals surface area (Å²) in [5.41, 5.74) is 2.83. The summed E-state index contributed by atoms with van der Waals surface area (Å²) in [7, 11) is -3.32. The van der Waals surface area contributed by atoms with E-state index < -0.39 is 10.0 Å². The van der Waals surface area contributed by atoms with Crippen molar-refractivity contribution in [1.82, 2.24) is 4.98 Å². The minimum atomic E-state index is -3.32. The zero-order valence-electron chi connectivity index (χ0n) is 11.6. The molecule has 0 unspecified atom stereocenters.